The molecule has 0 spiro atoms. The summed E-state index contributed by atoms with van der Waals surface area (Å²) in [6, 6.07) is 16.5. The molecule has 4 aromatic rings. The van der Waals surface area contributed by atoms with Gasteiger partial charge in [-0.15, -0.1) is 11.3 Å². The molecule has 0 unspecified atom stereocenters. The van der Waals surface area contributed by atoms with Crippen molar-refractivity contribution in [3.8, 4) is 17.4 Å². The number of carbonyl (C=O) groups excluding carboxylic acids is 1. The van der Waals surface area contributed by atoms with E-state index < -0.39 is 0 Å². The molecule has 2 heterocycles. The van der Waals surface area contributed by atoms with Crippen LogP contribution in [0.15, 0.2) is 72.6 Å². The molecule has 1 amide bonds. The van der Waals surface area contributed by atoms with E-state index in [0.29, 0.717) is 29.0 Å². The Kier molecular flexibility index (Phi) is 5.58. The summed E-state index contributed by atoms with van der Waals surface area (Å²) in [5, 5.41) is 7.83. The fourth-order valence-electron chi connectivity index (χ4n) is 2.77. The number of para-hydroxylation sites is 2. The van der Waals surface area contributed by atoms with Gasteiger partial charge in [0.25, 0.3) is 0 Å². The second-order valence-corrected chi connectivity index (χ2v) is 7.05. The zero-order valence-corrected chi connectivity index (χ0v) is 16.9. The molecule has 30 heavy (non-hydrogen) atoms. The molecule has 2 aromatic carbocycles. The number of nitrogens with one attached hydrogen (secondary N) is 2. The number of anilines is 3. The lowest BCUT2D eigenvalue weighted by atomic mass is 10.3. The molecule has 0 fully saturated rings. The largest absolute Gasteiger partial charge is 0.495 e. The zero-order chi connectivity index (χ0) is 20.9. The van der Waals surface area contributed by atoms with Crippen LogP contribution in [0.4, 0.5) is 17.3 Å². The lowest BCUT2D eigenvalue weighted by Crippen LogP contribution is -2.07. The Morgan fingerprint density at radius 3 is 2.83 bits per heavy atom. The first-order valence-corrected chi connectivity index (χ1v) is 9.91. The van der Waals surface area contributed by atoms with Gasteiger partial charge in [-0.2, -0.15) is 4.98 Å². The summed E-state index contributed by atoms with van der Waals surface area (Å²) >= 11 is 1.49. The monoisotopic (exact) mass is 418 g/mol. The maximum absolute atomic E-state index is 11.6. The smallest absolute Gasteiger partial charge is 0.247 e. The summed E-state index contributed by atoms with van der Waals surface area (Å²) in [6.45, 7) is 3.46. The highest BCUT2D eigenvalue weighted by molar-refractivity contribution is 7.17. The number of methoxy groups -OCH3 is 1. The van der Waals surface area contributed by atoms with E-state index in [1.807, 2.05) is 35.7 Å². The molecule has 2 N–H and O–H groups in total. The van der Waals surface area contributed by atoms with E-state index in [2.05, 4.69) is 27.2 Å². The predicted octanol–water partition coefficient (Wildman–Crippen LogP) is 5.36. The van der Waals surface area contributed by atoms with Gasteiger partial charge in [-0.3, -0.25) is 4.79 Å². The molecular weight excluding hydrogens is 400 g/mol. The van der Waals surface area contributed by atoms with Crippen molar-refractivity contribution in [2.45, 2.75) is 0 Å². The Morgan fingerprint density at radius 2 is 2.00 bits per heavy atom. The Morgan fingerprint density at radius 1 is 1.13 bits per heavy atom. The Bertz CT molecular complexity index is 1220. The van der Waals surface area contributed by atoms with Crippen molar-refractivity contribution in [1.82, 2.24) is 9.97 Å². The van der Waals surface area contributed by atoms with E-state index in [4.69, 9.17) is 9.47 Å². The molecule has 4 rings (SSSR count). The van der Waals surface area contributed by atoms with E-state index in [0.717, 1.165) is 15.9 Å². The number of aromatic nitrogens is 2. The molecule has 0 aliphatic carbocycles. The van der Waals surface area contributed by atoms with Gasteiger partial charge in [-0.1, -0.05) is 24.8 Å². The Hall–Kier alpha value is -3.91. The first-order valence-electron chi connectivity index (χ1n) is 9.03. The van der Waals surface area contributed by atoms with Crippen molar-refractivity contribution in [2.75, 3.05) is 17.7 Å². The highest BCUT2D eigenvalue weighted by atomic mass is 32.1. The molecule has 0 aliphatic heterocycles. The van der Waals surface area contributed by atoms with Crippen LogP contribution in [0.1, 0.15) is 0 Å². The average molecular weight is 418 g/mol. The number of hydrogen-bond donors (Lipinski definition) is 2. The van der Waals surface area contributed by atoms with Crippen LogP contribution < -0.4 is 20.1 Å². The SMILES string of the molecule is C=CC(=O)Nc1cccc(Oc2nc(Nc3ccccc3OC)nc3ccsc23)c1. The van der Waals surface area contributed by atoms with Gasteiger partial charge in [0.2, 0.25) is 17.7 Å². The third-order valence-electron chi connectivity index (χ3n) is 4.13. The number of benzene rings is 2. The standard InChI is InChI=1S/C22H18N4O3S/c1-3-19(27)23-14-7-6-8-15(13-14)29-21-20-17(11-12-30-20)25-22(26-21)24-16-9-4-5-10-18(16)28-2/h3-13H,1H2,2H3,(H,23,27)(H,24,25,26). The number of amides is 1. The topological polar surface area (TPSA) is 85.4 Å². The summed E-state index contributed by atoms with van der Waals surface area (Å²) in [5.74, 6) is 1.72. The molecule has 8 heteroatoms. The van der Waals surface area contributed by atoms with Crippen molar-refractivity contribution in [2.24, 2.45) is 0 Å². The molecule has 0 atom stereocenters. The summed E-state index contributed by atoms with van der Waals surface area (Å²) in [7, 11) is 1.61. The number of hydrogen-bond acceptors (Lipinski definition) is 7. The number of nitrogens with zero attached hydrogens (tertiary/aromatic N) is 2. The summed E-state index contributed by atoms with van der Waals surface area (Å²) < 4.78 is 12.3. The molecular formula is C22H18N4O3S. The zero-order valence-electron chi connectivity index (χ0n) is 16.1. The van der Waals surface area contributed by atoms with Crippen LogP contribution in [0, 0.1) is 0 Å². The second-order valence-electron chi connectivity index (χ2n) is 6.14. The van der Waals surface area contributed by atoms with E-state index in [9.17, 15) is 4.79 Å². The van der Waals surface area contributed by atoms with Crippen molar-refractivity contribution in [3.05, 3.63) is 72.6 Å². The highest BCUT2D eigenvalue weighted by Crippen LogP contribution is 2.34. The van der Waals surface area contributed by atoms with Gasteiger partial charge in [-0.05, 0) is 41.8 Å². The van der Waals surface area contributed by atoms with Crippen LogP contribution in [-0.2, 0) is 4.79 Å². The average Bonchev–Trinajstić information content (AvgIpc) is 3.23. The minimum Gasteiger partial charge on any atom is -0.495 e. The van der Waals surface area contributed by atoms with Crippen molar-refractivity contribution >= 4 is 44.8 Å². The lowest BCUT2D eigenvalue weighted by molar-refractivity contribution is -0.111. The van der Waals surface area contributed by atoms with Gasteiger partial charge in [0.1, 0.15) is 16.2 Å². The van der Waals surface area contributed by atoms with E-state index in [-0.39, 0.29) is 5.91 Å². The third-order valence-corrected chi connectivity index (χ3v) is 5.02. The number of thiophene rings is 1. The molecule has 7 nitrogen and oxygen atoms in total. The van der Waals surface area contributed by atoms with Crippen molar-refractivity contribution in [3.63, 3.8) is 0 Å². The van der Waals surface area contributed by atoms with Crippen molar-refractivity contribution < 1.29 is 14.3 Å². The van der Waals surface area contributed by atoms with Crippen LogP contribution in [0.2, 0.25) is 0 Å². The molecule has 2 aromatic heterocycles. The summed E-state index contributed by atoms with van der Waals surface area (Å²) in [5.41, 5.74) is 2.11. The Balaban J connectivity index is 1.66. The van der Waals surface area contributed by atoms with Crippen molar-refractivity contribution in [1.29, 1.82) is 0 Å². The molecule has 0 bridgehead atoms. The first kappa shape index (κ1) is 19.4. The maximum atomic E-state index is 11.6. The minimum absolute atomic E-state index is 0.293. The first-order chi connectivity index (χ1) is 14.7. The van der Waals surface area contributed by atoms with Crippen LogP contribution in [-0.4, -0.2) is 23.0 Å². The fraction of sp³-hybridized carbons (Fsp3) is 0.0455. The van der Waals surface area contributed by atoms with E-state index in [1.165, 1.54) is 17.4 Å². The van der Waals surface area contributed by atoms with Gasteiger partial charge < -0.3 is 20.1 Å². The summed E-state index contributed by atoms with van der Waals surface area (Å²) in [4.78, 5) is 20.7. The minimum atomic E-state index is -0.293. The predicted molar refractivity (Wildman–Crippen MR) is 119 cm³/mol. The maximum Gasteiger partial charge on any atom is 0.247 e. The van der Waals surface area contributed by atoms with E-state index in [1.54, 1.807) is 31.4 Å². The lowest BCUT2D eigenvalue weighted by Gasteiger charge is -2.12. The van der Waals surface area contributed by atoms with Crippen LogP contribution >= 0.6 is 11.3 Å². The number of rotatable bonds is 7. The van der Waals surface area contributed by atoms with Gasteiger partial charge in [0.05, 0.1) is 18.3 Å². The molecule has 150 valence electrons. The van der Waals surface area contributed by atoms with Gasteiger partial charge >= 0.3 is 0 Å². The van der Waals surface area contributed by atoms with Crippen LogP contribution in [0.25, 0.3) is 10.2 Å². The van der Waals surface area contributed by atoms with Crippen LogP contribution in [0.3, 0.4) is 0 Å². The van der Waals surface area contributed by atoms with Gasteiger partial charge in [0, 0.05) is 11.8 Å². The quantitative estimate of drug-likeness (QED) is 0.393. The molecule has 0 aliphatic rings. The van der Waals surface area contributed by atoms with Gasteiger partial charge in [-0.25, -0.2) is 4.98 Å². The molecule has 0 radical (unpaired) electrons. The Labute approximate surface area is 177 Å². The summed E-state index contributed by atoms with van der Waals surface area (Å²) in [6.07, 6.45) is 1.21. The van der Waals surface area contributed by atoms with Gasteiger partial charge in [0.15, 0.2) is 0 Å². The normalized spacial score (nSPS) is 10.4. The van der Waals surface area contributed by atoms with E-state index >= 15 is 0 Å². The number of carbonyl (C=O) groups is 1. The molecule has 0 saturated heterocycles. The fourth-order valence-corrected chi connectivity index (χ4v) is 3.53. The molecule has 0 saturated carbocycles. The highest BCUT2D eigenvalue weighted by Gasteiger charge is 2.13. The van der Waals surface area contributed by atoms with Crippen LogP contribution in [0.5, 0.6) is 17.4 Å². The second kappa shape index (κ2) is 8.62. The third kappa shape index (κ3) is 4.23. The number of fused-ring (bicyclic) bond motifs is 1. The number of ether oxygens (including phenoxy) is 2.